The summed E-state index contributed by atoms with van der Waals surface area (Å²) < 4.78 is 0. The summed E-state index contributed by atoms with van der Waals surface area (Å²) in [5.74, 6) is 0.634. The molecule has 0 atom stereocenters. The number of fused-ring (bicyclic) bond motifs is 1. The van der Waals surface area contributed by atoms with E-state index >= 15 is 0 Å². The van der Waals surface area contributed by atoms with Crippen molar-refractivity contribution in [3.8, 4) is 11.4 Å². The lowest BCUT2D eigenvalue weighted by Crippen LogP contribution is -2.25. The summed E-state index contributed by atoms with van der Waals surface area (Å²) in [6.45, 7) is 7.67. The zero-order chi connectivity index (χ0) is 19.1. The molecular weight excluding hydrogens is 334 g/mol. The summed E-state index contributed by atoms with van der Waals surface area (Å²) >= 11 is 0. The van der Waals surface area contributed by atoms with Crippen LogP contribution in [0.2, 0.25) is 0 Å². The third-order valence-electron chi connectivity index (χ3n) is 4.88. The first kappa shape index (κ1) is 19.3. The van der Waals surface area contributed by atoms with Gasteiger partial charge in [0, 0.05) is 12.1 Å². The molecule has 0 bridgehead atoms. The number of nitrogens with one attached hydrogen (secondary N) is 1. The van der Waals surface area contributed by atoms with E-state index in [-0.39, 0.29) is 5.56 Å². The fourth-order valence-corrected chi connectivity index (χ4v) is 3.33. The second-order valence-corrected chi connectivity index (χ2v) is 7.12. The first-order valence-electron chi connectivity index (χ1n) is 10.0. The molecule has 1 aromatic heterocycles. The highest BCUT2D eigenvalue weighted by Gasteiger charge is 2.09. The molecule has 2 aromatic carbocycles. The zero-order valence-electron chi connectivity index (χ0n) is 16.4. The van der Waals surface area contributed by atoms with Gasteiger partial charge in [-0.1, -0.05) is 57.0 Å². The molecule has 0 spiro atoms. The number of nitrogens with zero attached hydrogens (tertiary/aromatic N) is 2. The number of rotatable bonds is 9. The van der Waals surface area contributed by atoms with Crippen LogP contribution in [0.3, 0.4) is 0 Å². The molecule has 0 saturated heterocycles. The van der Waals surface area contributed by atoms with Crippen LogP contribution >= 0.6 is 0 Å². The number of aromatic amines is 1. The minimum atomic E-state index is -0.0893. The van der Waals surface area contributed by atoms with Gasteiger partial charge in [0.25, 0.3) is 5.56 Å². The van der Waals surface area contributed by atoms with Crippen molar-refractivity contribution in [3.05, 3.63) is 64.4 Å². The Balaban J connectivity index is 1.85. The van der Waals surface area contributed by atoms with E-state index in [1.165, 1.54) is 31.2 Å². The summed E-state index contributed by atoms with van der Waals surface area (Å²) in [5.41, 5.74) is 2.86. The van der Waals surface area contributed by atoms with E-state index in [1.807, 2.05) is 24.3 Å². The first-order chi connectivity index (χ1) is 13.2. The maximum Gasteiger partial charge on any atom is 0.259 e. The van der Waals surface area contributed by atoms with Gasteiger partial charge in [-0.3, -0.25) is 9.69 Å². The highest BCUT2D eigenvalue weighted by Crippen LogP contribution is 2.19. The van der Waals surface area contributed by atoms with Crippen molar-refractivity contribution in [2.24, 2.45) is 0 Å². The second kappa shape index (κ2) is 9.47. The van der Waals surface area contributed by atoms with Crippen LogP contribution in [0, 0.1) is 0 Å². The van der Waals surface area contributed by atoms with Crippen molar-refractivity contribution < 1.29 is 0 Å². The topological polar surface area (TPSA) is 49.0 Å². The number of hydrogen-bond donors (Lipinski definition) is 1. The van der Waals surface area contributed by atoms with Crippen molar-refractivity contribution in [1.29, 1.82) is 0 Å². The lowest BCUT2D eigenvalue weighted by Gasteiger charge is -2.22. The van der Waals surface area contributed by atoms with Crippen molar-refractivity contribution >= 4 is 10.9 Å². The van der Waals surface area contributed by atoms with Gasteiger partial charge in [-0.05, 0) is 49.7 Å². The fourth-order valence-electron chi connectivity index (χ4n) is 3.33. The predicted molar refractivity (Wildman–Crippen MR) is 113 cm³/mol. The Labute approximate surface area is 161 Å². The van der Waals surface area contributed by atoms with Crippen molar-refractivity contribution in [1.82, 2.24) is 14.9 Å². The van der Waals surface area contributed by atoms with Crippen LogP contribution < -0.4 is 5.56 Å². The third kappa shape index (κ3) is 5.04. The van der Waals surface area contributed by atoms with Gasteiger partial charge < -0.3 is 4.98 Å². The molecule has 1 N–H and O–H groups in total. The van der Waals surface area contributed by atoms with Gasteiger partial charge in [0.1, 0.15) is 5.82 Å². The maximum absolute atomic E-state index is 12.4. The number of aromatic nitrogens is 2. The Morgan fingerprint density at radius 1 is 0.963 bits per heavy atom. The molecular formula is C23H29N3O. The molecule has 0 aliphatic carbocycles. The van der Waals surface area contributed by atoms with Gasteiger partial charge >= 0.3 is 0 Å². The lowest BCUT2D eigenvalue weighted by atomic mass is 10.1. The molecule has 1 heterocycles. The number of H-pyrrole nitrogens is 1. The van der Waals surface area contributed by atoms with Crippen LogP contribution in [0.1, 0.15) is 45.1 Å². The van der Waals surface area contributed by atoms with Gasteiger partial charge in [-0.25, -0.2) is 4.98 Å². The third-order valence-corrected chi connectivity index (χ3v) is 4.88. The van der Waals surface area contributed by atoms with Gasteiger partial charge in [-0.15, -0.1) is 0 Å². The van der Waals surface area contributed by atoms with E-state index in [0.29, 0.717) is 11.2 Å². The number of benzene rings is 2. The molecule has 27 heavy (non-hydrogen) atoms. The van der Waals surface area contributed by atoms with E-state index in [9.17, 15) is 4.79 Å². The smallest absolute Gasteiger partial charge is 0.259 e. The monoisotopic (exact) mass is 363 g/mol. The standard InChI is InChI=1S/C23H29N3O/c1-3-5-14-26(15-6-4-2)17-18-10-9-11-19(16-18)22-24-21-13-8-7-12-20(21)23(27)25-22/h7-13,16H,3-6,14-15,17H2,1-2H3,(H,24,25,27). The van der Waals surface area contributed by atoms with E-state index in [1.54, 1.807) is 6.07 Å². The maximum atomic E-state index is 12.4. The molecule has 3 rings (SSSR count). The Morgan fingerprint density at radius 3 is 2.44 bits per heavy atom. The Kier molecular flexibility index (Phi) is 6.77. The quantitative estimate of drug-likeness (QED) is 0.582. The van der Waals surface area contributed by atoms with Gasteiger partial charge in [0.15, 0.2) is 0 Å². The van der Waals surface area contributed by atoms with Crippen LogP contribution in [0.25, 0.3) is 22.3 Å². The SMILES string of the molecule is CCCCN(CCCC)Cc1cccc(-c2nc3ccccc3c(=O)[nH]2)c1. The molecule has 0 aliphatic rings. The number of hydrogen-bond acceptors (Lipinski definition) is 3. The van der Waals surface area contributed by atoms with Crippen LogP contribution in [0.5, 0.6) is 0 Å². The Morgan fingerprint density at radius 2 is 1.70 bits per heavy atom. The van der Waals surface area contributed by atoms with Gasteiger partial charge in [0.05, 0.1) is 10.9 Å². The Hall–Kier alpha value is -2.46. The molecule has 0 unspecified atom stereocenters. The lowest BCUT2D eigenvalue weighted by molar-refractivity contribution is 0.257. The van der Waals surface area contributed by atoms with E-state index in [2.05, 4.69) is 46.9 Å². The minimum absolute atomic E-state index is 0.0893. The fraction of sp³-hybridized carbons (Fsp3) is 0.391. The van der Waals surface area contributed by atoms with Crippen molar-refractivity contribution in [2.45, 2.75) is 46.1 Å². The molecule has 3 aromatic rings. The molecule has 0 amide bonds. The summed E-state index contributed by atoms with van der Waals surface area (Å²) in [4.78, 5) is 22.5. The van der Waals surface area contributed by atoms with E-state index in [4.69, 9.17) is 0 Å². The molecule has 0 saturated carbocycles. The van der Waals surface area contributed by atoms with E-state index < -0.39 is 0 Å². The summed E-state index contributed by atoms with van der Waals surface area (Å²) in [6, 6.07) is 15.8. The van der Waals surface area contributed by atoms with Crippen molar-refractivity contribution in [3.63, 3.8) is 0 Å². The first-order valence-corrected chi connectivity index (χ1v) is 10.0. The molecule has 0 radical (unpaired) electrons. The summed E-state index contributed by atoms with van der Waals surface area (Å²) in [7, 11) is 0. The highest BCUT2D eigenvalue weighted by molar-refractivity contribution is 5.79. The van der Waals surface area contributed by atoms with E-state index in [0.717, 1.165) is 30.7 Å². The van der Waals surface area contributed by atoms with Crippen molar-refractivity contribution in [2.75, 3.05) is 13.1 Å². The molecule has 142 valence electrons. The molecule has 0 aliphatic heterocycles. The van der Waals surface area contributed by atoms with Crippen LogP contribution in [-0.2, 0) is 6.54 Å². The number of para-hydroxylation sites is 1. The average molecular weight is 364 g/mol. The summed E-state index contributed by atoms with van der Waals surface area (Å²) in [5, 5.41) is 0.628. The predicted octanol–water partition coefficient (Wildman–Crippen LogP) is 4.99. The largest absolute Gasteiger partial charge is 0.306 e. The summed E-state index contributed by atoms with van der Waals surface area (Å²) in [6.07, 6.45) is 4.88. The molecule has 0 fully saturated rings. The van der Waals surface area contributed by atoms with Crippen LogP contribution in [-0.4, -0.2) is 28.0 Å². The minimum Gasteiger partial charge on any atom is -0.306 e. The highest BCUT2D eigenvalue weighted by atomic mass is 16.1. The number of unbranched alkanes of at least 4 members (excludes halogenated alkanes) is 2. The zero-order valence-corrected chi connectivity index (χ0v) is 16.4. The normalized spacial score (nSPS) is 11.4. The molecule has 4 heteroatoms. The van der Waals surface area contributed by atoms with Gasteiger partial charge in [-0.2, -0.15) is 0 Å². The van der Waals surface area contributed by atoms with Gasteiger partial charge in [0.2, 0.25) is 0 Å². The second-order valence-electron chi connectivity index (χ2n) is 7.12. The Bertz CT molecular complexity index is 924. The average Bonchev–Trinajstić information content (AvgIpc) is 2.70. The van der Waals surface area contributed by atoms with Crippen LogP contribution in [0.4, 0.5) is 0 Å². The van der Waals surface area contributed by atoms with Crippen LogP contribution in [0.15, 0.2) is 53.3 Å². The molecule has 4 nitrogen and oxygen atoms in total.